The lowest BCUT2D eigenvalue weighted by Crippen LogP contribution is -2.45. The average molecular weight is 371 g/mol. The Balaban J connectivity index is 1.64. The number of imide groups is 1. The van der Waals surface area contributed by atoms with Gasteiger partial charge in [-0.2, -0.15) is 0 Å². The Morgan fingerprint density at radius 3 is 2.33 bits per heavy atom. The van der Waals surface area contributed by atoms with Crippen LogP contribution in [-0.2, 0) is 15.1 Å². The van der Waals surface area contributed by atoms with Gasteiger partial charge in [0.2, 0.25) is 5.91 Å². The number of amides is 4. The van der Waals surface area contributed by atoms with Gasteiger partial charge in [-0.1, -0.05) is 61.9 Å². The van der Waals surface area contributed by atoms with E-state index in [0.717, 1.165) is 41.7 Å². The summed E-state index contributed by atoms with van der Waals surface area (Å²) in [7, 11) is 0. The van der Waals surface area contributed by atoms with Gasteiger partial charge in [-0.3, -0.25) is 14.5 Å². The summed E-state index contributed by atoms with van der Waals surface area (Å²) in [6.07, 6.45) is 7.82. The van der Waals surface area contributed by atoms with E-state index in [1.807, 2.05) is 31.2 Å². The van der Waals surface area contributed by atoms with Crippen molar-refractivity contribution in [1.29, 1.82) is 0 Å². The molecule has 6 heteroatoms. The van der Waals surface area contributed by atoms with Gasteiger partial charge in [-0.05, 0) is 32.3 Å². The molecule has 1 aromatic rings. The van der Waals surface area contributed by atoms with Gasteiger partial charge in [0.05, 0.1) is 0 Å². The molecule has 3 rings (SSSR count). The highest BCUT2D eigenvalue weighted by molar-refractivity contribution is 6.09. The SMILES string of the molecule is Cc1ccc(C2(C)NC(=O)N(CC(=O)NC3CCCCCCC3)C2=O)cc1. The molecule has 1 atom stereocenters. The molecule has 0 radical (unpaired) electrons. The molecule has 1 saturated carbocycles. The van der Waals surface area contributed by atoms with E-state index >= 15 is 0 Å². The maximum Gasteiger partial charge on any atom is 0.325 e. The largest absolute Gasteiger partial charge is 0.352 e. The first-order valence-electron chi connectivity index (χ1n) is 9.91. The Morgan fingerprint density at radius 2 is 1.70 bits per heavy atom. The molecular weight excluding hydrogens is 342 g/mol. The highest BCUT2D eigenvalue weighted by Gasteiger charge is 2.49. The maximum atomic E-state index is 12.9. The lowest BCUT2D eigenvalue weighted by atomic mass is 9.91. The number of carbonyl (C=O) groups excluding carboxylic acids is 3. The fourth-order valence-corrected chi connectivity index (χ4v) is 3.94. The minimum atomic E-state index is -1.13. The average Bonchev–Trinajstić information content (AvgIpc) is 2.82. The van der Waals surface area contributed by atoms with Crippen LogP contribution in [0.2, 0.25) is 0 Å². The van der Waals surface area contributed by atoms with Gasteiger partial charge in [0.15, 0.2) is 0 Å². The molecule has 0 bridgehead atoms. The van der Waals surface area contributed by atoms with E-state index in [-0.39, 0.29) is 24.4 Å². The zero-order chi connectivity index (χ0) is 19.4. The molecule has 2 aliphatic rings. The number of hydrogen-bond donors (Lipinski definition) is 2. The summed E-state index contributed by atoms with van der Waals surface area (Å²) in [6, 6.07) is 7.11. The summed E-state index contributed by atoms with van der Waals surface area (Å²) in [5, 5.41) is 5.77. The predicted molar refractivity (Wildman–Crippen MR) is 103 cm³/mol. The molecule has 146 valence electrons. The van der Waals surface area contributed by atoms with E-state index in [4.69, 9.17) is 0 Å². The third kappa shape index (κ3) is 4.31. The monoisotopic (exact) mass is 371 g/mol. The molecule has 1 aromatic carbocycles. The molecule has 1 heterocycles. The summed E-state index contributed by atoms with van der Waals surface area (Å²) in [4.78, 5) is 38.8. The minimum absolute atomic E-state index is 0.141. The topological polar surface area (TPSA) is 78.5 Å². The summed E-state index contributed by atoms with van der Waals surface area (Å²) in [5.41, 5.74) is 0.662. The number of rotatable bonds is 4. The summed E-state index contributed by atoms with van der Waals surface area (Å²) in [6.45, 7) is 3.42. The quantitative estimate of drug-likeness (QED) is 0.799. The van der Waals surface area contributed by atoms with Gasteiger partial charge in [-0.15, -0.1) is 0 Å². The summed E-state index contributed by atoms with van der Waals surface area (Å²) >= 11 is 0. The van der Waals surface area contributed by atoms with Crippen LogP contribution in [0.3, 0.4) is 0 Å². The van der Waals surface area contributed by atoms with E-state index in [1.165, 1.54) is 19.3 Å². The Labute approximate surface area is 160 Å². The van der Waals surface area contributed by atoms with Crippen LogP contribution in [0.15, 0.2) is 24.3 Å². The van der Waals surface area contributed by atoms with Crippen molar-refractivity contribution in [3.8, 4) is 0 Å². The molecule has 0 spiro atoms. The van der Waals surface area contributed by atoms with Crippen molar-refractivity contribution in [2.45, 2.75) is 70.4 Å². The number of aryl methyl sites for hydroxylation is 1. The van der Waals surface area contributed by atoms with Crippen LogP contribution in [0.25, 0.3) is 0 Å². The Bertz CT molecular complexity index is 708. The Kier molecular flexibility index (Phi) is 5.82. The lowest BCUT2D eigenvalue weighted by Gasteiger charge is -2.23. The van der Waals surface area contributed by atoms with Gasteiger partial charge in [0.25, 0.3) is 5.91 Å². The van der Waals surface area contributed by atoms with E-state index in [9.17, 15) is 14.4 Å². The van der Waals surface area contributed by atoms with Crippen molar-refractivity contribution in [3.05, 3.63) is 35.4 Å². The first-order valence-corrected chi connectivity index (χ1v) is 9.91. The fraction of sp³-hybridized carbons (Fsp3) is 0.571. The molecule has 27 heavy (non-hydrogen) atoms. The van der Waals surface area contributed by atoms with E-state index in [1.54, 1.807) is 6.92 Å². The Morgan fingerprint density at radius 1 is 1.11 bits per heavy atom. The van der Waals surface area contributed by atoms with Gasteiger partial charge in [-0.25, -0.2) is 4.79 Å². The second-order valence-electron chi connectivity index (χ2n) is 7.92. The molecular formula is C21H29N3O3. The van der Waals surface area contributed by atoms with Crippen LogP contribution in [0.1, 0.15) is 63.0 Å². The van der Waals surface area contributed by atoms with Crippen molar-refractivity contribution in [3.63, 3.8) is 0 Å². The highest BCUT2D eigenvalue weighted by Crippen LogP contribution is 2.29. The molecule has 6 nitrogen and oxygen atoms in total. The number of carbonyl (C=O) groups is 3. The minimum Gasteiger partial charge on any atom is -0.352 e. The molecule has 1 saturated heterocycles. The molecule has 4 amide bonds. The molecule has 1 unspecified atom stereocenters. The lowest BCUT2D eigenvalue weighted by molar-refractivity contribution is -0.135. The smallest absolute Gasteiger partial charge is 0.325 e. The van der Waals surface area contributed by atoms with Crippen LogP contribution < -0.4 is 10.6 Å². The third-order valence-electron chi connectivity index (χ3n) is 5.68. The predicted octanol–water partition coefficient (Wildman–Crippen LogP) is 2.99. The fourth-order valence-electron chi connectivity index (χ4n) is 3.94. The second kappa shape index (κ2) is 8.11. The molecule has 0 aromatic heterocycles. The zero-order valence-corrected chi connectivity index (χ0v) is 16.2. The van der Waals surface area contributed by atoms with Gasteiger partial charge < -0.3 is 10.6 Å². The first kappa shape index (κ1) is 19.4. The second-order valence-corrected chi connectivity index (χ2v) is 7.92. The van der Waals surface area contributed by atoms with Crippen LogP contribution in [0.4, 0.5) is 4.79 Å². The van der Waals surface area contributed by atoms with Crippen LogP contribution >= 0.6 is 0 Å². The number of benzene rings is 1. The summed E-state index contributed by atoms with van der Waals surface area (Å²) in [5.74, 6) is -0.651. The number of urea groups is 1. The van der Waals surface area contributed by atoms with Crippen molar-refractivity contribution in [1.82, 2.24) is 15.5 Å². The third-order valence-corrected chi connectivity index (χ3v) is 5.68. The number of nitrogens with one attached hydrogen (secondary N) is 2. The normalized spacial score (nSPS) is 24.3. The first-order chi connectivity index (χ1) is 12.9. The molecule has 2 N–H and O–H groups in total. The molecule has 1 aliphatic carbocycles. The summed E-state index contributed by atoms with van der Waals surface area (Å²) < 4.78 is 0. The zero-order valence-electron chi connectivity index (χ0n) is 16.2. The van der Waals surface area contributed by atoms with Crippen molar-refractivity contribution >= 4 is 17.8 Å². The van der Waals surface area contributed by atoms with Gasteiger partial charge in [0.1, 0.15) is 12.1 Å². The van der Waals surface area contributed by atoms with Gasteiger partial charge in [0, 0.05) is 6.04 Å². The van der Waals surface area contributed by atoms with E-state index < -0.39 is 11.6 Å². The van der Waals surface area contributed by atoms with Crippen molar-refractivity contribution < 1.29 is 14.4 Å². The van der Waals surface area contributed by atoms with Gasteiger partial charge >= 0.3 is 6.03 Å². The van der Waals surface area contributed by atoms with Crippen molar-refractivity contribution in [2.24, 2.45) is 0 Å². The van der Waals surface area contributed by atoms with Crippen LogP contribution in [0.5, 0.6) is 0 Å². The Hall–Kier alpha value is -2.37. The van der Waals surface area contributed by atoms with Crippen LogP contribution in [-0.4, -0.2) is 35.3 Å². The number of hydrogen-bond acceptors (Lipinski definition) is 3. The molecule has 2 fully saturated rings. The standard InChI is InChI=1S/C21H29N3O3/c1-15-10-12-16(13-11-15)21(2)19(26)24(20(27)23-21)14-18(25)22-17-8-6-4-3-5-7-9-17/h10-13,17H,3-9,14H2,1-2H3,(H,22,25)(H,23,27). The highest BCUT2D eigenvalue weighted by atomic mass is 16.2. The van der Waals surface area contributed by atoms with Crippen LogP contribution in [0, 0.1) is 6.92 Å². The van der Waals surface area contributed by atoms with E-state index in [0.29, 0.717) is 0 Å². The number of nitrogens with zero attached hydrogens (tertiary/aromatic N) is 1. The maximum absolute atomic E-state index is 12.9. The molecule has 1 aliphatic heterocycles. The van der Waals surface area contributed by atoms with Crippen molar-refractivity contribution in [2.75, 3.05) is 6.54 Å². The van der Waals surface area contributed by atoms with E-state index in [2.05, 4.69) is 10.6 Å².